The predicted molar refractivity (Wildman–Crippen MR) is 119 cm³/mol. The molecule has 0 N–H and O–H groups in total. The summed E-state index contributed by atoms with van der Waals surface area (Å²) in [6, 6.07) is 20.7. The van der Waals surface area contributed by atoms with Crippen LogP contribution in [0.2, 0.25) is 0 Å². The van der Waals surface area contributed by atoms with Crippen molar-refractivity contribution in [1.82, 2.24) is 14.8 Å². The molecule has 3 heterocycles. The Morgan fingerprint density at radius 3 is 2.67 bits per heavy atom. The Labute approximate surface area is 183 Å². The maximum Gasteiger partial charge on any atom is 0.336 e. The van der Waals surface area contributed by atoms with Crippen molar-refractivity contribution in [2.24, 2.45) is 0 Å². The molecule has 0 radical (unpaired) electrons. The summed E-state index contributed by atoms with van der Waals surface area (Å²) in [7, 11) is 0. The van der Waals surface area contributed by atoms with E-state index < -0.39 is 0 Å². The monoisotopic (exact) mass is 479 g/mol. The van der Waals surface area contributed by atoms with Crippen LogP contribution in [0.4, 0.5) is 0 Å². The van der Waals surface area contributed by atoms with Gasteiger partial charge in [0.05, 0.1) is 6.26 Å². The summed E-state index contributed by atoms with van der Waals surface area (Å²) in [5, 5.41) is 10.3. The number of aromatic nitrogens is 3. The molecule has 0 bridgehead atoms. The summed E-state index contributed by atoms with van der Waals surface area (Å²) >= 11 is 4.91. The van der Waals surface area contributed by atoms with Crippen LogP contribution in [0.25, 0.3) is 28.2 Å². The van der Waals surface area contributed by atoms with Crippen molar-refractivity contribution in [3.05, 3.63) is 93.4 Å². The molecule has 0 unspecified atom stereocenters. The lowest BCUT2D eigenvalue weighted by atomic mass is 10.1. The zero-order valence-electron chi connectivity index (χ0n) is 15.5. The third-order valence-electron chi connectivity index (χ3n) is 4.54. The van der Waals surface area contributed by atoms with Crippen LogP contribution in [-0.2, 0) is 5.75 Å². The number of hydrogen-bond acceptors (Lipinski definition) is 6. The lowest BCUT2D eigenvalue weighted by molar-refractivity contribution is 0.559. The Morgan fingerprint density at radius 1 is 1.00 bits per heavy atom. The Hall–Kier alpha value is -3.10. The van der Waals surface area contributed by atoms with Crippen molar-refractivity contribution in [2.75, 3.05) is 0 Å². The number of para-hydroxylation sites is 1. The van der Waals surface area contributed by atoms with E-state index in [0.29, 0.717) is 28.1 Å². The first-order chi connectivity index (χ1) is 14.7. The number of thioether (sulfide) groups is 1. The van der Waals surface area contributed by atoms with E-state index in [0.717, 1.165) is 21.1 Å². The smallest absolute Gasteiger partial charge is 0.336 e. The highest BCUT2D eigenvalue weighted by Gasteiger charge is 2.18. The van der Waals surface area contributed by atoms with Gasteiger partial charge in [-0.25, -0.2) is 4.79 Å². The van der Waals surface area contributed by atoms with Gasteiger partial charge in [0.1, 0.15) is 5.58 Å². The van der Waals surface area contributed by atoms with Gasteiger partial charge < -0.3 is 8.83 Å². The lowest BCUT2D eigenvalue weighted by Gasteiger charge is -2.10. The molecule has 0 amide bonds. The first-order valence-corrected chi connectivity index (χ1v) is 10.9. The van der Waals surface area contributed by atoms with Gasteiger partial charge in [0, 0.05) is 27.4 Å². The zero-order chi connectivity index (χ0) is 20.5. The second-order valence-electron chi connectivity index (χ2n) is 6.47. The molecule has 0 spiro atoms. The minimum Gasteiger partial charge on any atom is -0.461 e. The van der Waals surface area contributed by atoms with Crippen molar-refractivity contribution in [3.8, 4) is 17.3 Å². The van der Waals surface area contributed by atoms with Crippen LogP contribution in [0.3, 0.4) is 0 Å². The predicted octanol–water partition coefficient (Wildman–Crippen LogP) is 5.69. The number of rotatable bonds is 5. The quantitative estimate of drug-likeness (QED) is 0.238. The molecule has 0 fully saturated rings. The number of furan rings is 1. The molecule has 0 aliphatic rings. The molecule has 0 saturated heterocycles. The SMILES string of the molecule is O=c1cc(CSc2nnc(-c3ccco3)n2-c2ccccc2)c2ccc(Br)cc2o1. The van der Waals surface area contributed by atoms with E-state index in [2.05, 4.69) is 26.1 Å². The van der Waals surface area contributed by atoms with Gasteiger partial charge >= 0.3 is 5.63 Å². The largest absolute Gasteiger partial charge is 0.461 e. The summed E-state index contributed by atoms with van der Waals surface area (Å²) in [6.45, 7) is 0. The maximum absolute atomic E-state index is 12.0. The molecular weight excluding hydrogens is 466 g/mol. The van der Waals surface area contributed by atoms with Gasteiger partial charge in [-0.05, 0) is 48.0 Å². The number of hydrogen-bond donors (Lipinski definition) is 0. The fraction of sp³-hybridized carbons (Fsp3) is 0.0455. The van der Waals surface area contributed by atoms with Crippen LogP contribution in [0, 0.1) is 0 Å². The topological polar surface area (TPSA) is 74.1 Å². The molecule has 0 saturated carbocycles. The van der Waals surface area contributed by atoms with Crippen LogP contribution in [0.15, 0.2) is 96.3 Å². The van der Waals surface area contributed by atoms with Crippen molar-refractivity contribution in [3.63, 3.8) is 0 Å². The molecule has 5 rings (SSSR count). The number of nitrogens with zero attached hydrogens (tertiary/aromatic N) is 3. The molecule has 3 aromatic heterocycles. The standard InChI is InChI=1S/C22H14BrN3O3S/c23-15-8-9-17-14(11-20(27)29-19(17)12-15)13-30-22-25-24-21(18-7-4-10-28-18)26(22)16-5-2-1-3-6-16/h1-12H,13H2. The fourth-order valence-corrected chi connectivity index (χ4v) is 4.49. The van der Waals surface area contributed by atoms with Crippen LogP contribution in [0.1, 0.15) is 5.56 Å². The highest BCUT2D eigenvalue weighted by atomic mass is 79.9. The van der Waals surface area contributed by atoms with Crippen LogP contribution >= 0.6 is 27.7 Å². The second kappa shape index (κ2) is 7.97. The van der Waals surface area contributed by atoms with Gasteiger partial charge in [0.15, 0.2) is 10.9 Å². The summed E-state index contributed by atoms with van der Waals surface area (Å²) < 4.78 is 13.7. The molecule has 2 aromatic carbocycles. The van der Waals surface area contributed by atoms with Crippen molar-refractivity contribution < 1.29 is 8.83 Å². The van der Waals surface area contributed by atoms with E-state index in [-0.39, 0.29) is 5.63 Å². The van der Waals surface area contributed by atoms with E-state index in [1.807, 2.05) is 59.2 Å². The average Bonchev–Trinajstić information content (AvgIpc) is 3.42. The van der Waals surface area contributed by atoms with Gasteiger partial charge in [-0.2, -0.15) is 0 Å². The molecule has 0 aliphatic heterocycles. The Bertz CT molecular complexity index is 1380. The second-order valence-corrected chi connectivity index (χ2v) is 8.33. The molecular formula is C22H14BrN3O3S. The molecule has 8 heteroatoms. The van der Waals surface area contributed by atoms with Gasteiger partial charge in [-0.15, -0.1) is 10.2 Å². The van der Waals surface area contributed by atoms with E-state index in [9.17, 15) is 4.79 Å². The molecule has 0 atom stereocenters. The minimum atomic E-state index is -0.378. The Morgan fingerprint density at radius 2 is 1.87 bits per heavy atom. The summed E-state index contributed by atoms with van der Waals surface area (Å²) in [5.74, 6) is 1.79. The minimum absolute atomic E-state index is 0.378. The summed E-state index contributed by atoms with van der Waals surface area (Å²) in [5.41, 5.74) is 1.98. The van der Waals surface area contributed by atoms with E-state index >= 15 is 0 Å². The highest BCUT2D eigenvalue weighted by molar-refractivity contribution is 9.10. The van der Waals surface area contributed by atoms with Gasteiger partial charge in [-0.3, -0.25) is 4.57 Å². The Kier molecular flexibility index (Phi) is 5.02. The van der Waals surface area contributed by atoms with E-state index in [1.165, 1.54) is 17.8 Å². The summed E-state index contributed by atoms with van der Waals surface area (Å²) in [4.78, 5) is 12.0. The molecule has 148 valence electrons. The maximum atomic E-state index is 12.0. The van der Waals surface area contributed by atoms with Crippen LogP contribution in [-0.4, -0.2) is 14.8 Å². The van der Waals surface area contributed by atoms with E-state index in [1.54, 1.807) is 12.3 Å². The van der Waals surface area contributed by atoms with Crippen molar-refractivity contribution >= 4 is 38.7 Å². The van der Waals surface area contributed by atoms with Crippen molar-refractivity contribution in [1.29, 1.82) is 0 Å². The molecule has 30 heavy (non-hydrogen) atoms. The lowest BCUT2D eigenvalue weighted by Crippen LogP contribution is -2.01. The van der Waals surface area contributed by atoms with Gasteiger partial charge in [-0.1, -0.05) is 45.9 Å². The third kappa shape index (κ3) is 3.59. The fourth-order valence-electron chi connectivity index (χ4n) is 3.20. The molecule has 6 nitrogen and oxygen atoms in total. The third-order valence-corrected chi connectivity index (χ3v) is 6.01. The normalized spacial score (nSPS) is 11.2. The molecule has 0 aliphatic carbocycles. The van der Waals surface area contributed by atoms with E-state index in [4.69, 9.17) is 8.83 Å². The zero-order valence-corrected chi connectivity index (χ0v) is 17.9. The summed E-state index contributed by atoms with van der Waals surface area (Å²) in [6.07, 6.45) is 1.61. The average molecular weight is 480 g/mol. The van der Waals surface area contributed by atoms with Gasteiger partial charge in [0.2, 0.25) is 5.82 Å². The van der Waals surface area contributed by atoms with Gasteiger partial charge in [0.25, 0.3) is 0 Å². The number of benzene rings is 2. The number of halogens is 1. The van der Waals surface area contributed by atoms with Crippen LogP contribution < -0.4 is 5.63 Å². The van der Waals surface area contributed by atoms with Crippen LogP contribution in [0.5, 0.6) is 0 Å². The highest BCUT2D eigenvalue weighted by Crippen LogP contribution is 2.31. The first-order valence-electron chi connectivity index (χ1n) is 9.09. The Balaban J connectivity index is 1.55. The number of fused-ring (bicyclic) bond motifs is 1. The van der Waals surface area contributed by atoms with Crippen molar-refractivity contribution in [2.45, 2.75) is 10.9 Å². The first kappa shape index (κ1) is 18.9. The molecule has 5 aromatic rings.